The van der Waals surface area contributed by atoms with Crippen molar-refractivity contribution in [1.29, 1.82) is 0 Å². The third-order valence-electron chi connectivity index (χ3n) is 3.43. The molecule has 1 unspecified atom stereocenters. The molecule has 0 aromatic carbocycles. The van der Waals surface area contributed by atoms with Crippen LogP contribution in [0.3, 0.4) is 0 Å². The van der Waals surface area contributed by atoms with Gasteiger partial charge in [0.15, 0.2) is 0 Å². The van der Waals surface area contributed by atoms with Gasteiger partial charge in [0.05, 0.1) is 5.60 Å². The molecule has 0 radical (unpaired) electrons. The van der Waals surface area contributed by atoms with Crippen molar-refractivity contribution in [3.8, 4) is 0 Å². The van der Waals surface area contributed by atoms with E-state index in [4.69, 9.17) is 0 Å². The third-order valence-corrected chi connectivity index (χ3v) is 3.43. The van der Waals surface area contributed by atoms with Crippen LogP contribution in [0.25, 0.3) is 0 Å². The number of carbonyl (C=O) groups excluding carboxylic acids is 1. The molecule has 2 heteroatoms. The Labute approximate surface area is 80.3 Å². The summed E-state index contributed by atoms with van der Waals surface area (Å²) < 4.78 is 0. The minimum Gasteiger partial charge on any atom is -0.389 e. The second-order valence-electron chi connectivity index (χ2n) is 4.08. The summed E-state index contributed by atoms with van der Waals surface area (Å²) in [6, 6.07) is 0. The molecule has 0 heterocycles. The summed E-state index contributed by atoms with van der Waals surface area (Å²) >= 11 is 0. The highest BCUT2D eigenvalue weighted by molar-refractivity contribution is 5.82. The molecule has 0 spiro atoms. The molecule has 1 fully saturated rings. The van der Waals surface area contributed by atoms with Gasteiger partial charge in [0.25, 0.3) is 0 Å². The molecule has 0 saturated heterocycles. The SMILES string of the molecule is CCC(O)(CC)C1CCCCC1=O. The van der Waals surface area contributed by atoms with Crippen LogP contribution in [0.1, 0.15) is 52.4 Å². The Hall–Kier alpha value is -0.370. The van der Waals surface area contributed by atoms with Crippen LogP contribution in [-0.4, -0.2) is 16.5 Å². The Bertz CT molecular complexity index is 183. The molecule has 0 aliphatic heterocycles. The second kappa shape index (κ2) is 4.23. The normalized spacial score (nSPS) is 24.8. The van der Waals surface area contributed by atoms with E-state index in [0.29, 0.717) is 19.3 Å². The second-order valence-corrected chi connectivity index (χ2v) is 4.08. The molecule has 0 aromatic rings. The van der Waals surface area contributed by atoms with Gasteiger partial charge in [0, 0.05) is 12.3 Å². The Morgan fingerprint density at radius 3 is 2.46 bits per heavy atom. The number of hydrogen-bond acceptors (Lipinski definition) is 2. The summed E-state index contributed by atoms with van der Waals surface area (Å²) in [5.74, 6) is 0.189. The van der Waals surface area contributed by atoms with E-state index in [0.717, 1.165) is 19.3 Å². The monoisotopic (exact) mass is 184 g/mol. The zero-order valence-electron chi connectivity index (χ0n) is 8.68. The summed E-state index contributed by atoms with van der Waals surface area (Å²) in [7, 11) is 0. The van der Waals surface area contributed by atoms with E-state index < -0.39 is 5.60 Å². The maximum atomic E-state index is 11.6. The number of carbonyl (C=O) groups is 1. The van der Waals surface area contributed by atoms with Gasteiger partial charge in [-0.05, 0) is 25.7 Å². The summed E-state index contributed by atoms with van der Waals surface area (Å²) in [4.78, 5) is 11.6. The minimum absolute atomic E-state index is 0.0868. The van der Waals surface area contributed by atoms with Gasteiger partial charge >= 0.3 is 0 Å². The summed E-state index contributed by atoms with van der Waals surface area (Å²) in [5, 5.41) is 10.2. The first-order valence-corrected chi connectivity index (χ1v) is 5.39. The highest BCUT2D eigenvalue weighted by Crippen LogP contribution is 2.34. The third kappa shape index (κ3) is 2.11. The van der Waals surface area contributed by atoms with Crippen molar-refractivity contribution in [3.05, 3.63) is 0 Å². The molecule has 76 valence electrons. The molecular formula is C11H20O2. The van der Waals surface area contributed by atoms with Crippen LogP contribution >= 0.6 is 0 Å². The van der Waals surface area contributed by atoms with Crippen molar-refractivity contribution < 1.29 is 9.90 Å². The molecule has 1 aliphatic rings. The van der Waals surface area contributed by atoms with E-state index in [2.05, 4.69) is 0 Å². The Balaban J connectivity index is 2.71. The number of ketones is 1. The molecule has 0 aromatic heterocycles. The predicted molar refractivity (Wildman–Crippen MR) is 52.5 cm³/mol. The van der Waals surface area contributed by atoms with Crippen molar-refractivity contribution in [1.82, 2.24) is 0 Å². The predicted octanol–water partition coefficient (Wildman–Crippen LogP) is 2.30. The van der Waals surface area contributed by atoms with Crippen LogP contribution in [0.5, 0.6) is 0 Å². The fourth-order valence-electron chi connectivity index (χ4n) is 2.29. The topological polar surface area (TPSA) is 37.3 Å². The van der Waals surface area contributed by atoms with Crippen molar-refractivity contribution in [2.45, 2.75) is 58.0 Å². The number of hydrogen-bond donors (Lipinski definition) is 1. The van der Waals surface area contributed by atoms with Gasteiger partial charge in [0.1, 0.15) is 5.78 Å². The minimum atomic E-state index is -0.725. The lowest BCUT2D eigenvalue weighted by molar-refractivity contribution is -0.136. The fourth-order valence-corrected chi connectivity index (χ4v) is 2.29. The van der Waals surface area contributed by atoms with Gasteiger partial charge in [-0.3, -0.25) is 4.79 Å². The van der Waals surface area contributed by atoms with Crippen LogP contribution in [-0.2, 0) is 4.79 Å². The number of Topliss-reactive ketones (excluding diaryl/α,β-unsaturated/α-hetero) is 1. The standard InChI is InChI=1S/C11H20O2/c1-3-11(13,4-2)9-7-5-6-8-10(9)12/h9,13H,3-8H2,1-2H3. The lowest BCUT2D eigenvalue weighted by Gasteiger charge is -2.36. The Kier molecular flexibility index (Phi) is 3.48. The smallest absolute Gasteiger partial charge is 0.138 e. The van der Waals surface area contributed by atoms with Gasteiger partial charge in [-0.15, -0.1) is 0 Å². The Morgan fingerprint density at radius 1 is 1.38 bits per heavy atom. The average Bonchev–Trinajstić information content (AvgIpc) is 2.17. The van der Waals surface area contributed by atoms with Crippen LogP contribution < -0.4 is 0 Å². The molecule has 0 bridgehead atoms. The molecule has 1 N–H and O–H groups in total. The zero-order valence-corrected chi connectivity index (χ0v) is 8.68. The first-order valence-electron chi connectivity index (χ1n) is 5.39. The van der Waals surface area contributed by atoms with Crippen molar-refractivity contribution >= 4 is 5.78 Å². The molecule has 1 aliphatic carbocycles. The van der Waals surface area contributed by atoms with Crippen molar-refractivity contribution in [2.75, 3.05) is 0 Å². The molecule has 0 amide bonds. The van der Waals surface area contributed by atoms with Crippen molar-refractivity contribution in [3.63, 3.8) is 0 Å². The summed E-state index contributed by atoms with van der Waals surface area (Å²) in [6.07, 6.45) is 5.06. The van der Waals surface area contributed by atoms with Gasteiger partial charge in [-0.25, -0.2) is 0 Å². The first-order chi connectivity index (χ1) is 6.14. The summed E-state index contributed by atoms with van der Waals surface area (Å²) in [6.45, 7) is 3.93. The van der Waals surface area contributed by atoms with Crippen molar-refractivity contribution in [2.24, 2.45) is 5.92 Å². The van der Waals surface area contributed by atoms with Gasteiger partial charge in [-0.2, -0.15) is 0 Å². The fraction of sp³-hybridized carbons (Fsp3) is 0.909. The number of rotatable bonds is 3. The highest BCUT2D eigenvalue weighted by Gasteiger charge is 2.38. The van der Waals surface area contributed by atoms with E-state index in [1.165, 1.54) is 0 Å². The largest absolute Gasteiger partial charge is 0.389 e. The quantitative estimate of drug-likeness (QED) is 0.730. The molecule has 1 atom stereocenters. The van der Waals surface area contributed by atoms with Gasteiger partial charge in [0.2, 0.25) is 0 Å². The molecule has 1 rings (SSSR count). The molecule has 13 heavy (non-hydrogen) atoms. The van der Waals surface area contributed by atoms with Crippen LogP contribution in [0.2, 0.25) is 0 Å². The maximum Gasteiger partial charge on any atom is 0.138 e. The summed E-state index contributed by atoms with van der Waals surface area (Å²) in [5.41, 5.74) is -0.725. The maximum absolute atomic E-state index is 11.6. The average molecular weight is 184 g/mol. The van der Waals surface area contributed by atoms with E-state index in [1.807, 2.05) is 13.8 Å². The van der Waals surface area contributed by atoms with Gasteiger partial charge < -0.3 is 5.11 Å². The van der Waals surface area contributed by atoms with E-state index in [-0.39, 0.29) is 11.7 Å². The van der Waals surface area contributed by atoms with E-state index in [9.17, 15) is 9.90 Å². The van der Waals surface area contributed by atoms with Crippen LogP contribution in [0.15, 0.2) is 0 Å². The number of aliphatic hydroxyl groups is 1. The van der Waals surface area contributed by atoms with Crippen LogP contribution in [0.4, 0.5) is 0 Å². The molecular weight excluding hydrogens is 164 g/mol. The van der Waals surface area contributed by atoms with Crippen LogP contribution in [0, 0.1) is 5.92 Å². The highest BCUT2D eigenvalue weighted by atomic mass is 16.3. The van der Waals surface area contributed by atoms with Gasteiger partial charge in [-0.1, -0.05) is 20.3 Å². The van der Waals surface area contributed by atoms with E-state index in [1.54, 1.807) is 0 Å². The van der Waals surface area contributed by atoms with E-state index >= 15 is 0 Å². The lowest BCUT2D eigenvalue weighted by Crippen LogP contribution is -2.42. The molecule has 2 nitrogen and oxygen atoms in total. The molecule has 1 saturated carbocycles. The first kappa shape index (κ1) is 10.7. The Morgan fingerprint density at radius 2 is 2.00 bits per heavy atom. The zero-order chi connectivity index (χ0) is 9.90. The lowest BCUT2D eigenvalue weighted by atomic mass is 9.73.